The van der Waals surface area contributed by atoms with Gasteiger partial charge in [0.2, 0.25) is 5.91 Å². The molecule has 0 aromatic heterocycles. The minimum atomic E-state index is -0.995. The van der Waals surface area contributed by atoms with E-state index in [1.54, 1.807) is 17.0 Å². The van der Waals surface area contributed by atoms with Crippen LogP contribution in [0.4, 0.5) is 14.5 Å². The van der Waals surface area contributed by atoms with Gasteiger partial charge in [-0.1, -0.05) is 6.07 Å². The normalized spacial score (nSPS) is 17.1. The molecule has 1 amide bonds. The molecule has 204 valence electrons. The van der Waals surface area contributed by atoms with Crippen LogP contribution in [0.3, 0.4) is 0 Å². The van der Waals surface area contributed by atoms with Crippen molar-refractivity contribution in [2.45, 2.75) is 39.7 Å². The summed E-state index contributed by atoms with van der Waals surface area (Å²) in [6.45, 7) is 6.61. The number of rotatable bonds is 7. The van der Waals surface area contributed by atoms with Crippen LogP contribution in [0.2, 0.25) is 0 Å². The lowest BCUT2D eigenvalue weighted by atomic mass is 9.77. The summed E-state index contributed by atoms with van der Waals surface area (Å²) in [5.41, 5.74) is 2.77. The fourth-order valence-electron chi connectivity index (χ4n) is 5.77. The number of likely N-dealkylation sites (tertiary alicyclic amines) is 1. The van der Waals surface area contributed by atoms with E-state index >= 15 is 4.39 Å². The van der Waals surface area contributed by atoms with Crippen LogP contribution in [-0.2, 0) is 11.3 Å². The number of nitrogens with zero attached hydrogens (tertiary/aromatic N) is 2. The molecule has 0 radical (unpaired) electrons. The highest BCUT2D eigenvalue weighted by molar-refractivity contribution is 5.97. The Hall–Kier alpha value is -3.78. The molecule has 3 aromatic rings. The Bertz CT molecular complexity index is 1400. The van der Waals surface area contributed by atoms with Gasteiger partial charge in [-0.3, -0.25) is 9.69 Å². The fourth-order valence-corrected chi connectivity index (χ4v) is 5.77. The van der Waals surface area contributed by atoms with Crippen molar-refractivity contribution in [2.75, 3.05) is 31.1 Å². The van der Waals surface area contributed by atoms with E-state index in [0.717, 1.165) is 37.2 Å². The van der Waals surface area contributed by atoms with Gasteiger partial charge < -0.3 is 14.7 Å². The number of ether oxygens (including phenoxy) is 1. The maximum absolute atomic E-state index is 15.1. The Morgan fingerprint density at radius 3 is 2.38 bits per heavy atom. The first-order valence-electron chi connectivity index (χ1n) is 13.3. The van der Waals surface area contributed by atoms with Crippen molar-refractivity contribution in [3.63, 3.8) is 0 Å². The molecule has 1 N–H and O–H groups in total. The number of halogens is 2. The van der Waals surface area contributed by atoms with Crippen molar-refractivity contribution < 1.29 is 28.2 Å². The van der Waals surface area contributed by atoms with Gasteiger partial charge in [-0.25, -0.2) is 13.6 Å². The summed E-state index contributed by atoms with van der Waals surface area (Å²) in [4.78, 5) is 28.2. The van der Waals surface area contributed by atoms with E-state index in [1.165, 1.54) is 31.2 Å². The molecule has 0 unspecified atom stereocenters. The lowest BCUT2D eigenvalue weighted by Gasteiger charge is -2.39. The van der Waals surface area contributed by atoms with Gasteiger partial charge in [0, 0.05) is 36.3 Å². The quantitative estimate of drug-likeness (QED) is 0.399. The molecule has 2 fully saturated rings. The van der Waals surface area contributed by atoms with Crippen molar-refractivity contribution in [1.29, 1.82) is 0 Å². The highest BCUT2D eigenvalue weighted by atomic mass is 19.1. The number of piperidine rings is 1. The summed E-state index contributed by atoms with van der Waals surface area (Å²) in [6, 6.07) is 14.8. The minimum Gasteiger partial charge on any atom is -0.494 e. The number of hydrogen-bond acceptors (Lipinski definition) is 4. The Morgan fingerprint density at radius 2 is 1.72 bits per heavy atom. The first-order chi connectivity index (χ1) is 18.7. The Labute approximate surface area is 226 Å². The van der Waals surface area contributed by atoms with Crippen molar-refractivity contribution in [3.05, 3.63) is 82.9 Å². The van der Waals surface area contributed by atoms with Crippen LogP contribution in [0.15, 0.2) is 54.6 Å². The van der Waals surface area contributed by atoms with E-state index in [-0.39, 0.29) is 22.4 Å². The molecule has 1 spiro atoms. The van der Waals surface area contributed by atoms with Crippen molar-refractivity contribution in [1.82, 2.24) is 4.90 Å². The Kier molecular flexibility index (Phi) is 7.40. The molecule has 0 atom stereocenters. The Balaban J connectivity index is 1.32. The van der Waals surface area contributed by atoms with Crippen molar-refractivity contribution in [3.8, 4) is 16.9 Å². The fraction of sp³-hybridized carbons (Fsp3) is 0.355. The largest absolute Gasteiger partial charge is 0.494 e. The van der Waals surface area contributed by atoms with Crippen LogP contribution in [0.25, 0.3) is 11.1 Å². The first kappa shape index (κ1) is 26.8. The predicted molar refractivity (Wildman–Crippen MR) is 145 cm³/mol. The number of carboxylic acids is 1. The molecule has 2 aliphatic rings. The van der Waals surface area contributed by atoms with Gasteiger partial charge in [-0.2, -0.15) is 0 Å². The number of carbonyl (C=O) groups excluding carboxylic acids is 1. The lowest BCUT2D eigenvalue weighted by molar-refractivity contribution is -0.118. The van der Waals surface area contributed by atoms with E-state index in [1.807, 2.05) is 25.1 Å². The van der Waals surface area contributed by atoms with Gasteiger partial charge in [-0.15, -0.1) is 0 Å². The van der Waals surface area contributed by atoms with Crippen LogP contribution in [-0.4, -0.2) is 48.1 Å². The molecule has 39 heavy (non-hydrogen) atoms. The zero-order valence-corrected chi connectivity index (χ0v) is 22.2. The van der Waals surface area contributed by atoms with Crippen molar-refractivity contribution in [2.24, 2.45) is 5.41 Å². The van der Waals surface area contributed by atoms with E-state index in [2.05, 4.69) is 4.90 Å². The molecule has 0 aliphatic carbocycles. The monoisotopic (exact) mass is 534 g/mol. The zero-order chi connectivity index (χ0) is 27.7. The highest BCUT2D eigenvalue weighted by Crippen LogP contribution is 2.43. The second kappa shape index (κ2) is 10.8. The molecule has 0 bridgehead atoms. The maximum Gasteiger partial charge on any atom is 0.335 e. The number of anilines is 1. The van der Waals surface area contributed by atoms with Crippen LogP contribution in [0.1, 0.15) is 47.7 Å². The minimum absolute atomic E-state index is 0.000281. The average Bonchev–Trinajstić information content (AvgIpc) is 3.25. The van der Waals surface area contributed by atoms with Gasteiger partial charge in [0.15, 0.2) is 0 Å². The summed E-state index contributed by atoms with van der Waals surface area (Å²) in [5, 5.41) is 9.16. The maximum atomic E-state index is 15.1. The van der Waals surface area contributed by atoms with Crippen LogP contribution in [0, 0.1) is 24.0 Å². The molecule has 2 heterocycles. The van der Waals surface area contributed by atoms with Gasteiger partial charge in [0.25, 0.3) is 0 Å². The summed E-state index contributed by atoms with van der Waals surface area (Å²) in [5.74, 6) is -1.36. The number of benzene rings is 3. The molecule has 5 rings (SSSR count). The highest BCUT2D eigenvalue weighted by Gasteiger charge is 2.45. The van der Waals surface area contributed by atoms with E-state index in [0.29, 0.717) is 43.0 Å². The van der Waals surface area contributed by atoms with Crippen LogP contribution < -0.4 is 9.64 Å². The molecular formula is C31H32F2N2O4. The van der Waals surface area contributed by atoms with Gasteiger partial charge in [0.1, 0.15) is 17.4 Å². The second-order valence-corrected chi connectivity index (χ2v) is 10.6. The van der Waals surface area contributed by atoms with Crippen LogP contribution in [0.5, 0.6) is 5.75 Å². The summed E-state index contributed by atoms with van der Waals surface area (Å²) < 4.78 is 34.7. The predicted octanol–water partition coefficient (Wildman–Crippen LogP) is 6.06. The smallest absolute Gasteiger partial charge is 0.335 e. The SMILES string of the molecule is CCOc1ccc(-c2ccc(F)c(C)c2F)c(CN2CCC3(CC2)CC(=O)N(c2ccc(C(=O)O)cc2)C3)c1. The molecule has 2 saturated heterocycles. The van der Waals surface area contributed by atoms with Gasteiger partial charge in [0.05, 0.1) is 12.2 Å². The molecule has 8 heteroatoms. The number of carboxylic acid groups (broad SMARTS) is 1. The van der Waals surface area contributed by atoms with Crippen LogP contribution >= 0.6 is 0 Å². The first-order valence-corrected chi connectivity index (χ1v) is 13.3. The molecule has 6 nitrogen and oxygen atoms in total. The molecule has 3 aromatic carbocycles. The molecule has 2 aliphatic heterocycles. The van der Waals surface area contributed by atoms with E-state index in [4.69, 9.17) is 9.84 Å². The van der Waals surface area contributed by atoms with E-state index in [9.17, 15) is 14.0 Å². The third-order valence-electron chi connectivity index (χ3n) is 8.06. The number of hydrogen-bond donors (Lipinski definition) is 1. The summed E-state index contributed by atoms with van der Waals surface area (Å²) in [6.07, 6.45) is 2.15. The number of carbonyl (C=O) groups is 2. The van der Waals surface area contributed by atoms with Crippen molar-refractivity contribution >= 4 is 17.6 Å². The number of amides is 1. The second-order valence-electron chi connectivity index (χ2n) is 10.6. The third kappa shape index (κ3) is 5.39. The summed E-state index contributed by atoms with van der Waals surface area (Å²) in [7, 11) is 0. The van der Waals surface area contributed by atoms with Gasteiger partial charge >= 0.3 is 5.97 Å². The summed E-state index contributed by atoms with van der Waals surface area (Å²) >= 11 is 0. The topological polar surface area (TPSA) is 70.1 Å². The number of aromatic carboxylic acids is 1. The average molecular weight is 535 g/mol. The zero-order valence-electron chi connectivity index (χ0n) is 22.2. The van der Waals surface area contributed by atoms with Gasteiger partial charge in [-0.05, 0) is 105 Å². The lowest BCUT2D eigenvalue weighted by Crippen LogP contribution is -2.41. The third-order valence-corrected chi connectivity index (χ3v) is 8.06. The molecule has 0 saturated carbocycles. The Morgan fingerprint density at radius 1 is 1.03 bits per heavy atom. The standard InChI is InChI=1S/C31H32F2N2O4/c1-3-39-24-8-9-25(26-10-11-27(32)20(2)29(26)33)22(16-24)18-34-14-12-31(13-15-34)17-28(36)35(19-31)23-6-4-21(5-7-23)30(37)38/h4-11,16H,3,12-15,17-19H2,1-2H3,(H,37,38). The van der Waals surface area contributed by atoms with E-state index < -0.39 is 17.6 Å². The molecular weight excluding hydrogens is 502 g/mol.